The van der Waals surface area contributed by atoms with Gasteiger partial charge in [0.05, 0.1) is 41.6 Å². The lowest BCUT2D eigenvalue weighted by atomic mass is 10.2. The molecule has 0 fully saturated rings. The third-order valence-electron chi connectivity index (χ3n) is 4.70. The third kappa shape index (κ3) is 4.21. The van der Waals surface area contributed by atoms with Crippen molar-refractivity contribution < 1.29 is 4.79 Å². The van der Waals surface area contributed by atoms with Gasteiger partial charge >= 0.3 is 0 Å². The van der Waals surface area contributed by atoms with E-state index in [1.807, 2.05) is 6.92 Å². The Morgan fingerprint density at radius 2 is 2.34 bits per heavy atom. The molecule has 1 aliphatic carbocycles. The van der Waals surface area contributed by atoms with E-state index in [0.29, 0.717) is 30.4 Å². The summed E-state index contributed by atoms with van der Waals surface area (Å²) in [5.74, 6) is 1.70. The van der Waals surface area contributed by atoms with E-state index in [-0.39, 0.29) is 17.2 Å². The molecule has 2 N–H and O–H groups in total. The Kier molecular flexibility index (Phi) is 5.69. The topological polar surface area (TPSA) is 116 Å². The molecule has 3 aromatic heterocycles. The lowest BCUT2D eigenvalue weighted by Gasteiger charge is -2.07. The van der Waals surface area contributed by atoms with Crippen molar-refractivity contribution in [2.75, 3.05) is 11.1 Å². The minimum atomic E-state index is -0.161. The van der Waals surface area contributed by atoms with Gasteiger partial charge in [-0.2, -0.15) is 10.4 Å². The molecule has 1 aliphatic rings. The Bertz CT molecular complexity index is 1170. The number of fused-ring (bicyclic) bond motifs is 3. The maximum absolute atomic E-state index is 12.5. The zero-order valence-electron chi connectivity index (χ0n) is 15.9. The fraction of sp³-hybridized carbons (Fsp3) is 0.421. The number of carbonyl (C=O) groups is 1. The molecule has 0 spiro atoms. The van der Waals surface area contributed by atoms with Gasteiger partial charge in [-0.25, -0.2) is 9.67 Å². The van der Waals surface area contributed by atoms with Crippen LogP contribution in [0.25, 0.3) is 10.2 Å². The zero-order chi connectivity index (χ0) is 20.4. The van der Waals surface area contributed by atoms with Gasteiger partial charge in [-0.05, 0) is 31.7 Å². The summed E-state index contributed by atoms with van der Waals surface area (Å²) in [6, 6.07) is 3.86. The second-order valence-electron chi connectivity index (χ2n) is 6.89. The van der Waals surface area contributed by atoms with Crippen LogP contribution in [-0.4, -0.2) is 31.4 Å². The number of nitrogens with zero attached hydrogens (tertiary/aromatic N) is 4. The highest BCUT2D eigenvalue weighted by Gasteiger charge is 2.21. The number of aromatic amines is 1. The van der Waals surface area contributed by atoms with Gasteiger partial charge in [-0.15, -0.1) is 23.1 Å². The largest absolute Gasteiger partial charge is 0.310 e. The van der Waals surface area contributed by atoms with Crippen LogP contribution in [0.4, 0.5) is 5.82 Å². The molecule has 10 heteroatoms. The van der Waals surface area contributed by atoms with E-state index in [4.69, 9.17) is 5.26 Å². The summed E-state index contributed by atoms with van der Waals surface area (Å²) in [4.78, 5) is 34.3. The molecular formula is C19H20N6O2S2. The van der Waals surface area contributed by atoms with Gasteiger partial charge < -0.3 is 10.3 Å². The molecule has 0 aliphatic heterocycles. The summed E-state index contributed by atoms with van der Waals surface area (Å²) >= 11 is 3.00. The van der Waals surface area contributed by atoms with E-state index in [1.54, 1.807) is 22.1 Å². The lowest BCUT2D eigenvalue weighted by Crippen LogP contribution is -2.18. The fourth-order valence-electron chi connectivity index (χ4n) is 3.51. The van der Waals surface area contributed by atoms with Crippen LogP contribution in [0.15, 0.2) is 10.9 Å². The van der Waals surface area contributed by atoms with Gasteiger partial charge in [0.1, 0.15) is 16.5 Å². The number of rotatable bonds is 7. The van der Waals surface area contributed by atoms with Crippen molar-refractivity contribution in [1.29, 1.82) is 5.26 Å². The summed E-state index contributed by atoms with van der Waals surface area (Å²) < 4.78 is 1.63. The maximum atomic E-state index is 12.5. The average Bonchev–Trinajstić information content (AvgIpc) is 3.34. The van der Waals surface area contributed by atoms with E-state index in [2.05, 4.69) is 26.5 Å². The normalized spacial score (nSPS) is 12.8. The second kappa shape index (κ2) is 8.39. The van der Waals surface area contributed by atoms with Crippen LogP contribution in [0.3, 0.4) is 0 Å². The van der Waals surface area contributed by atoms with Gasteiger partial charge in [-0.3, -0.25) is 9.59 Å². The molecule has 3 aromatic rings. The highest BCUT2D eigenvalue weighted by Crippen LogP contribution is 2.34. The number of anilines is 1. The maximum Gasteiger partial charge on any atom is 0.259 e. The molecule has 0 saturated heterocycles. The monoisotopic (exact) mass is 428 g/mol. The van der Waals surface area contributed by atoms with Crippen molar-refractivity contribution in [3.05, 3.63) is 38.4 Å². The molecule has 0 aromatic carbocycles. The van der Waals surface area contributed by atoms with Crippen molar-refractivity contribution >= 4 is 45.0 Å². The van der Waals surface area contributed by atoms with Gasteiger partial charge in [0, 0.05) is 10.9 Å². The van der Waals surface area contributed by atoms with E-state index in [9.17, 15) is 9.59 Å². The first-order valence-electron chi connectivity index (χ1n) is 9.37. The average molecular weight is 429 g/mol. The molecule has 0 saturated carbocycles. The molecule has 3 heterocycles. The van der Waals surface area contributed by atoms with Crippen LogP contribution < -0.4 is 10.9 Å². The lowest BCUT2D eigenvalue weighted by molar-refractivity contribution is -0.113. The molecule has 1 amide bonds. The number of aryl methyl sites for hydroxylation is 4. The van der Waals surface area contributed by atoms with Gasteiger partial charge in [0.15, 0.2) is 0 Å². The van der Waals surface area contributed by atoms with Gasteiger partial charge in [-0.1, -0.05) is 0 Å². The number of thioether (sulfide) groups is 1. The second-order valence-corrected chi connectivity index (χ2v) is 8.96. The number of nitrogens with one attached hydrogen (secondary N) is 2. The Labute approximate surface area is 175 Å². The van der Waals surface area contributed by atoms with Crippen LogP contribution in [0.2, 0.25) is 0 Å². The Balaban J connectivity index is 1.36. The molecule has 0 atom stereocenters. The molecule has 0 unspecified atom stereocenters. The first kappa shape index (κ1) is 19.7. The molecule has 29 heavy (non-hydrogen) atoms. The Morgan fingerprint density at radius 1 is 1.48 bits per heavy atom. The third-order valence-corrected chi connectivity index (χ3v) is 6.83. The standard InChI is InChI=1S/C19H20N6O2S2/c1-11-8-15(25(24-11)7-3-6-20)23-16(26)10-28-9-14-21-18(27)17-12-4-2-5-13(12)29-19(17)22-14/h8H,2-5,7,9-10H2,1H3,(H,23,26)(H,21,22,27). The van der Waals surface area contributed by atoms with E-state index < -0.39 is 0 Å². The van der Waals surface area contributed by atoms with Crippen LogP contribution >= 0.6 is 23.1 Å². The van der Waals surface area contributed by atoms with Crippen molar-refractivity contribution in [3.63, 3.8) is 0 Å². The van der Waals surface area contributed by atoms with Gasteiger partial charge in [0.2, 0.25) is 5.91 Å². The summed E-state index contributed by atoms with van der Waals surface area (Å²) in [6.45, 7) is 2.27. The molecule has 8 nitrogen and oxygen atoms in total. The van der Waals surface area contributed by atoms with Crippen molar-refractivity contribution in [2.24, 2.45) is 0 Å². The Hall–Kier alpha value is -2.64. The number of carbonyl (C=O) groups excluding carboxylic acids is 1. The predicted octanol–water partition coefficient (Wildman–Crippen LogP) is 2.76. The summed E-state index contributed by atoms with van der Waals surface area (Å²) in [5.41, 5.74) is 1.87. The number of amides is 1. The van der Waals surface area contributed by atoms with Gasteiger partial charge in [0.25, 0.3) is 5.56 Å². The summed E-state index contributed by atoms with van der Waals surface area (Å²) in [7, 11) is 0. The SMILES string of the molecule is Cc1cc(NC(=O)CSCc2nc3sc4c(c3c(=O)[nH]2)CCC4)n(CCC#N)n1. The number of H-pyrrole nitrogens is 1. The number of hydrogen-bond donors (Lipinski definition) is 2. The van der Waals surface area contributed by atoms with Crippen molar-refractivity contribution in [1.82, 2.24) is 19.7 Å². The van der Waals surface area contributed by atoms with Crippen LogP contribution in [0, 0.1) is 18.3 Å². The Morgan fingerprint density at radius 3 is 3.17 bits per heavy atom. The highest BCUT2D eigenvalue weighted by atomic mass is 32.2. The van der Waals surface area contributed by atoms with Crippen LogP contribution in [-0.2, 0) is 29.9 Å². The molecule has 4 rings (SSSR count). The minimum absolute atomic E-state index is 0.0775. The number of nitriles is 1. The molecule has 0 bridgehead atoms. The first-order valence-corrected chi connectivity index (χ1v) is 11.3. The van der Waals surface area contributed by atoms with E-state index in [1.165, 1.54) is 22.2 Å². The summed E-state index contributed by atoms with van der Waals surface area (Å²) in [6.07, 6.45) is 3.42. The zero-order valence-corrected chi connectivity index (χ0v) is 17.6. The smallest absolute Gasteiger partial charge is 0.259 e. The van der Waals surface area contributed by atoms with Crippen LogP contribution in [0.1, 0.15) is 34.8 Å². The van der Waals surface area contributed by atoms with E-state index in [0.717, 1.165) is 35.2 Å². The van der Waals surface area contributed by atoms with E-state index >= 15 is 0 Å². The highest BCUT2D eigenvalue weighted by molar-refractivity contribution is 7.99. The first-order chi connectivity index (χ1) is 14.0. The number of thiophene rings is 1. The molecule has 150 valence electrons. The predicted molar refractivity (Wildman–Crippen MR) is 114 cm³/mol. The fourth-order valence-corrected chi connectivity index (χ4v) is 5.48. The van der Waals surface area contributed by atoms with Crippen molar-refractivity contribution in [2.45, 2.75) is 44.9 Å². The quantitative estimate of drug-likeness (QED) is 0.598. The number of hydrogen-bond acceptors (Lipinski definition) is 7. The number of aromatic nitrogens is 4. The molecule has 0 radical (unpaired) electrons. The summed E-state index contributed by atoms with van der Waals surface area (Å²) in [5, 5.41) is 16.6. The van der Waals surface area contributed by atoms with Crippen LogP contribution in [0.5, 0.6) is 0 Å². The van der Waals surface area contributed by atoms with Crippen molar-refractivity contribution in [3.8, 4) is 6.07 Å². The molecular weight excluding hydrogens is 408 g/mol. The minimum Gasteiger partial charge on any atom is -0.310 e.